The average molecular weight is 409 g/mol. The molecular formula is C22H22ClN4P. The van der Waals surface area contributed by atoms with Crippen molar-refractivity contribution in [1.29, 1.82) is 0 Å². The summed E-state index contributed by atoms with van der Waals surface area (Å²) in [7, 11) is 2.74. The fourth-order valence-corrected chi connectivity index (χ4v) is 4.77. The summed E-state index contributed by atoms with van der Waals surface area (Å²) in [5, 5.41) is 2.82. The van der Waals surface area contributed by atoms with Crippen molar-refractivity contribution in [3.63, 3.8) is 0 Å². The fraction of sp³-hybridized carbons (Fsp3) is 0.273. The van der Waals surface area contributed by atoms with Gasteiger partial charge in [0.15, 0.2) is 0 Å². The molecule has 0 aliphatic heterocycles. The summed E-state index contributed by atoms with van der Waals surface area (Å²) in [6.07, 6.45) is 11.9. The molecule has 0 spiro atoms. The van der Waals surface area contributed by atoms with Crippen LogP contribution in [0.2, 0.25) is 5.02 Å². The zero-order valence-electron chi connectivity index (χ0n) is 15.5. The van der Waals surface area contributed by atoms with Crippen LogP contribution in [-0.2, 0) is 0 Å². The average Bonchev–Trinajstić information content (AvgIpc) is 3.34. The van der Waals surface area contributed by atoms with E-state index in [-0.39, 0.29) is 0 Å². The third-order valence-electron chi connectivity index (χ3n) is 5.73. The molecule has 3 heterocycles. The molecule has 6 heteroatoms. The Labute approximate surface area is 171 Å². The molecule has 1 atom stereocenters. The topological polar surface area (TPSA) is 46.5 Å². The monoisotopic (exact) mass is 408 g/mol. The Hall–Kier alpha value is -2.16. The number of aromatic nitrogens is 4. The summed E-state index contributed by atoms with van der Waals surface area (Å²) in [5.74, 6) is 0. The molecule has 1 saturated carbocycles. The van der Waals surface area contributed by atoms with E-state index in [1.807, 2.05) is 18.7 Å². The van der Waals surface area contributed by atoms with Gasteiger partial charge in [-0.15, -0.1) is 9.24 Å². The lowest BCUT2D eigenvalue weighted by Crippen LogP contribution is -2.13. The second kappa shape index (κ2) is 7.35. The van der Waals surface area contributed by atoms with Gasteiger partial charge < -0.3 is 9.55 Å². The minimum absolute atomic E-state index is 0.479. The summed E-state index contributed by atoms with van der Waals surface area (Å²) in [6, 6.07) is 11.0. The minimum atomic E-state index is 0.479. The van der Waals surface area contributed by atoms with Crippen molar-refractivity contribution < 1.29 is 0 Å². The molecule has 1 unspecified atom stereocenters. The van der Waals surface area contributed by atoms with Gasteiger partial charge >= 0.3 is 0 Å². The predicted octanol–water partition coefficient (Wildman–Crippen LogP) is 5.75. The van der Waals surface area contributed by atoms with Crippen molar-refractivity contribution in [3.8, 4) is 22.5 Å². The number of hydrogen-bond acceptors (Lipinski definition) is 2. The Morgan fingerprint density at radius 1 is 1.04 bits per heavy atom. The van der Waals surface area contributed by atoms with Gasteiger partial charge in [-0.1, -0.05) is 55.1 Å². The van der Waals surface area contributed by atoms with Gasteiger partial charge in [0.25, 0.3) is 0 Å². The smallest absolute Gasteiger partial charge is 0.139 e. The number of hydrogen-bond donors (Lipinski definition) is 1. The van der Waals surface area contributed by atoms with E-state index >= 15 is 0 Å². The van der Waals surface area contributed by atoms with Gasteiger partial charge in [-0.2, -0.15) is 0 Å². The van der Waals surface area contributed by atoms with Crippen molar-refractivity contribution in [2.75, 3.05) is 0 Å². The van der Waals surface area contributed by atoms with Crippen molar-refractivity contribution >= 4 is 37.2 Å². The van der Waals surface area contributed by atoms with Crippen molar-refractivity contribution in [3.05, 3.63) is 54.1 Å². The highest BCUT2D eigenvalue weighted by atomic mass is 35.5. The molecule has 4 nitrogen and oxygen atoms in total. The maximum Gasteiger partial charge on any atom is 0.139 e. The first-order valence-corrected chi connectivity index (χ1v) is 10.7. The van der Waals surface area contributed by atoms with Crippen LogP contribution >= 0.6 is 20.8 Å². The van der Waals surface area contributed by atoms with Gasteiger partial charge in [0.2, 0.25) is 0 Å². The summed E-state index contributed by atoms with van der Waals surface area (Å²) in [6.45, 7) is 0. The second-order valence-corrected chi connectivity index (χ2v) is 8.56. The maximum absolute atomic E-state index is 6.55. The van der Waals surface area contributed by atoms with Crippen LogP contribution in [0.3, 0.4) is 0 Å². The number of halogens is 1. The Balaban J connectivity index is 1.76. The normalized spacial score (nSPS) is 15.4. The molecule has 1 fully saturated rings. The summed E-state index contributed by atoms with van der Waals surface area (Å²) >= 11 is 6.55. The van der Waals surface area contributed by atoms with Crippen LogP contribution in [0.25, 0.3) is 33.5 Å². The molecule has 5 rings (SSSR count). The van der Waals surface area contributed by atoms with Gasteiger partial charge in [-0.05, 0) is 24.2 Å². The summed E-state index contributed by atoms with van der Waals surface area (Å²) in [5.41, 5.74) is 5.15. The molecule has 142 valence electrons. The molecule has 0 bridgehead atoms. The molecule has 3 aromatic heterocycles. The Morgan fingerprint density at radius 3 is 2.61 bits per heavy atom. The van der Waals surface area contributed by atoms with Crippen LogP contribution < -0.4 is 5.30 Å². The molecule has 0 saturated heterocycles. The highest BCUT2D eigenvalue weighted by Gasteiger charge is 2.24. The van der Waals surface area contributed by atoms with Gasteiger partial charge in [-0.25, -0.2) is 9.97 Å². The highest BCUT2D eigenvalue weighted by Crippen LogP contribution is 2.41. The second-order valence-electron chi connectivity index (χ2n) is 7.48. The number of benzene rings is 1. The lowest BCUT2D eigenvalue weighted by atomic mass is 9.94. The Bertz CT molecular complexity index is 1120. The molecule has 28 heavy (non-hydrogen) atoms. The molecular weight excluding hydrogens is 387 g/mol. The van der Waals surface area contributed by atoms with Crippen LogP contribution in [-0.4, -0.2) is 19.5 Å². The third-order valence-corrected chi connectivity index (χ3v) is 6.41. The SMILES string of the molecule is Pc1ccc(-c2ncn(C3CCCCC3)c2-c2ccnc3[nH]cc(Cl)c23)cc1. The van der Waals surface area contributed by atoms with Crippen molar-refractivity contribution in [2.45, 2.75) is 38.1 Å². The molecule has 0 amide bonds. The molecule has 1 aliphatic carbocycles. The van der Waals surface area contributed by atoms with E-state index < -0.39 is 0 Å². The molecule has 1 aliphatic rings. The number of imidazole rings is 1. The quantitative estimate of drug-likeness (QED) is 0.438. The van der Waals surface area contributed by atoms with Gasteiger partial charge in [0.05, 0.1) is 22.7 Å². The van der Waals surface area contributed by atoms with E-state index in [9.17, 15) is 0 Å². The summed E-state index contributed by atoms with van der Waals surface area (Å²) in [4.78, 5) is 12.5. The lowest BCUT2D eigenvalue weighted by molar-refractivity contribution is 0.355. The van der Waals surface area contributed by atoms with E-state index in [0.29, 0.717) is 11.1 Å². The van der Waals surface area contributed by atoms with Crippen LogP contribution in [0.1, 0.15) is 38.1 Å². The number of rotatable bonds is 3. The first-order chi connectivity index (χ1) is 13.7. The Kier molecular flexibility index (Phi) is 4.70. The van der Waals surface area contributed by atoms with Gasteiger partial charge in [0, 0.05) is 34.9 Å². The van der Waals surface area contributed by atoms with Gasteiger partial charge in [-0.3, -0.25) is 0 Å². The lowest BCUT2D eigenvalue weighted by Gasteiger charge is -2.25. The minimum Gasteiger partial charge on any atom is -0.345 e. The van der Waals surface area contributed by atoms with E-state index in [2.05, 4.69) is 54.1 Å². The van der Waals surface area contributed by atoms with E-state index in [4.69, 9.17) is 16.6 Å². The number of fused-ring (bicyclic) bond motifs is 1. The largest absolute Gasteiger partial charge is 0.345 e. The van der Waals surface area contributed by atoms with Crippen LogP contribution in [0, 0.1) is 0 Å². The standard InChI is InChI=1S/C22H22ClN4P/c23-18-12-25-22-19(18)17(10-11-24-22)21-20(14-6-8-16(28)9-7-14)26-13-27(21)15-4-2-1-3-5-15/h6-13,15H,1-5,28H2,(H,24,25). The zero-order chi connectivity index (χ0) is 19.1. The predicted molar refractivity (Wildman–Crippen MR) is 119 cm³/mol. The van der Waals surface area contributed by atoms with Crippen molar-refractivity contribution in [1.82, 2.24) is 19.5 Å². The van der Waals surface area contributed by atoms with Crippen LogP contribution in [0.5, 0.6) is 0 Å². The van der Waals surface area contributed by atoms with Crippen LogP contribution in [0.15, 0.2) is 49.1 Å². The molecule has 1 aromatic carbocycles. The molecule has 4 aromatic rings. The number of H-pyrrole nitrogens is 1. The fourth-order valence-electron chi connectivity index (χ4n) is 4.33. The van der Waals surface area contributed by atoms with E-state index in [1.165, 1.54) is 32.1 Å². The number of pyridine rings is 1. The molecule has 0 radical (unpaired) electrons. The third kappa shape index (κ3) is 3.05. The number of nitrogens with zero attached hydrogens (tertiary/aromatic N) is 3. The number of nitrogens with one attached hydrogen (secondary N) is 1. The highest BCUT2D eigenvalue weighted by molar-refractivity contribution is 7.27. The first-order valence-electron chi connectivity index (χ1n) is 9.77. The molecule has 1 N–H and O–H groups in total. The Morgan fingerprint density at radius 2 is 1.82 bits per heavy atom. The van der Waals surface area contributed by atoms with Crippen LogP contribution in [0.4, 0.5) is 0 Å². The van der Waals surface area contributed by atoms with Gasteiger partial charge in [0.1, 0.15) is 5.65 Å². The maximum atomic E-state index is 6.55. The number of aromatic amines is 1. The first kappa shape index (κ1) is 17.9. The van der Waals surface area contributed by atoms with Crippen molar-refractivity contribution in [2.24, 2.45) is 0 Å². The zero-order valence-corrected chi connectivity index (χ0v) is 17.4. The summed E-state index contributed by atoms with van der Waals surface area (Å²) < 4.78 is 2.38. The van der Waals surface area contributed by atoms with E-state index in [1.54, 1.807) is 0 Å². The van der Waals surface area contributed by atoms with E-state index in [0.717, 1.165) is 38.9 Å².